The van der Waals surface area contributed by atoms with Crippen molar-refractivity contribution in [3.63, 3.8) is 0 Å². The van der Waals surface area contributed by atoms with Crippen molar-refractivity contribution in [2.75, 3.05) is 13.2 Å². The summed E-state index contributed by atoms with van der Waals surface area (Å²) in [5, 5.41) is 12.0. The monoisotopic (exact) mass is 439 g/mol. The smallest absolute Gasteiger partial charge is 0.416 e. The highest BCUT2D eigenvalue weighted by Crippen LogP contribution is 2.29. The number of hydrogen-bond acceptors (Lipinski definition) is 5. The number of alkyl halides is 3. The van der Waals surface area contributed by atoms with E-state index in [9.17, 15) is 22.8 Å². The molecule has 0 atom stereocenters. The highest BCUT2D eigenvalue weighted by molar-refractivity contribution is 5.76. The highest BCUT2D eigenvalue weighted by atomic mass is 19.4. The molecule has 0 amide bonds. The Labute approximate surface area is 178 Å². The second-order valence-electron chi connectivity index (χ2n) is 7.34. The van der Waals surface area contributed by atoms with E-state index in [1.807, 2.05) is 0 Å². The van der Waals surface area contributed by atoms with Gasteiger partial charge in [0.15, 0.2) is 5.60 Å². The Morgan fingerprint density at radius 3 is 2.39 bits per heavy atom. The van der Waals surface area contributed by atoms with E-state index >= 15 is 0 Å². The number of carbonyl (C=O) groups excluding carboxylic acids is 1. The Morgan fingerprint density at radius 1 is 1.03 bits per heavy atom. The quantitative estimate of drug-likeness (QED) is 0.548. The fourth-order valence-electron chi connectivity index (χ4n) is 2.60. The van der Waals surface area contributed by atoms with E-state index in [0.717, 1.165) is 17.7 Å². The lowest BCUT2D eigenvalue weighted by Crippen LogP contribution is -2.37. The Balaban J connectivity index is 1.75. The maximum absolute atomic E-state index is 12.7. The van der Waals surface area contributed by atoms with Crippen LogP contribution in [-0.2, 0) is 33.5 Å². The van der Waals surface area contributed by atoms with Crippen molar-refractivity contribution in [2.45, 2.75) is 38.6 Å². The summed E-state index contributed by atoms with van der Waals surface area (Å²) < 4.78 is 48.7. The number of carbonyl (C=O) groups is 2. The van der Waals surface area contributed by atoms with Crippen molar-refractivity contribution in [3.8, 4) is 5.75 Å². The van der Waals surface area contributed by atoms with Gasteiger partial charge >= 0.3 is 18.1 Å². The first-order chi connectivity index (χ1) is 14.5. The molecule has 0 aliphatic heterocycles. The Kier molecular flexibility index (Phi) is 8.04. The molecule has 168 valence electrons. The lowest BCUT2D eigenvalue weighted by atomic mass is 10.1. The number of esters is 1. The van der Waals surface area contributed by atoms with E-state index in [4.69, 9.17) is 14.6 Å². The van der Waals surface area contributed by atoms with Crippen LogP contribution in [0.2, 0.25) is 0 Å². The largest absolute Gasteiger partial charge is 0.478 e. The summed E-state index contributed by atoms with van der Waals surface area (Å²) in [4.78, 5) is 23.0. The lowest BCUT2D eigenvalue weighted by molar-refractivity contribution is -0.152. The molecule has 0 heterocycles. The van der Waals surface area contributed by atoms with Gasteiger partial charge < -0.3 is 19.9 Å². The predicted octanol–water partition coefficient (Wildman–Crippen LogP) is 3.82. The third kappa shape index (κ3) is 7.93. The number of rotatable bonds is 10. The van der Waals surface area contributed by atoms with Crippen LogP contribution >= 0.6 is 0 Å². The molecule has 2 N–H and O–H groups in total. The first kappa shape index (κ1) is 24.2. The van der Waals surface area contributed by atoms with Crippen LogP contribution < -0.4 is 10.1 Å². The van der Waals surface area contributed by atoms with Crippen LogP contribution in [0, 0.1) is 0 Å². The molecular formula is C22H24F3NO5. The van der Waals surface area contributed by atoms with Crippen molar-refractivity contribution in [3.05, 3.63) is 65.2 Å². The fourth-order valence-corrected chi connectivity index (χ4v) is 2.60. The van der Waals surface area contributed by atoms with E-state index in [1.165, 1.54) is 19.9 Å². The van der Waals surface area contributed by atoms with Gasteiger partial charge in [0.25, 0.3) is 0 Å². The molecule has 0 radical (unpaired) electrons. The van der Waals surface area contributed by atoms with Crippen LogP contribution in [0.5, 0.6) is 5.75 Å². The van der Waals surface area contributed by atoms with Gasteiger partial charge in [0.1, 0.15) is 5.75 Å². The summed E-state index contributed by atoms with van der Waals surface area (Å²) in [5.74, 6) is -1.24. The highest BCUT2D eigenvalue weighted by Gasteiger charge is 2.30. The van der Waals surface area contributed by atoms with Gasteiger partial charge in [0.05, 0.1) is 18.7 Å². The first-order valence-electron chi connectivity index (χ1n) is 9.51. The van der Waals surface area contributed by atoms with E-state index in [1.54, 1.807) is 30.3 Å². The van der Waals surface area contributed by atoms with Gasteiger partial charge in [-0.15, -0.1) is 0 Å². The predicted molar refractivity (Wildman–Crippen MR) is 107 cm³/mol. The molecule has 31 heavy (non-hydrogen) atoms. The minimum absolute atomic E-state index is 0.0323. The molecule has 9 heteroatoms. The maximum Gasteiger partial charge on any atom is 0.416 e. The van der Waals surface area contributed by atoms with E-state index in [0.29, 0.717) is 17.9 Å². The van der Waals surface area contributed by atoms with Crippen LogP contribution in [-0.4, -0.2) is 35.8 Å². The molecule has 0 saturated heterocycles. The molecule has 2 aromatic rings. The summed E-state index contributed by atoms with van der Waals surface area (Å²) in [7, 11) is 0. The average molecular weight is 439 g/mol. The van der Waals surface area contributed by atoms with Gasteiger partial charge in [-0.05, 0) is 43.2 Å². The molecule has 0 aromatic heterocycles. The minimum Gasteiger partial charge on any atom is -0.478 e. The van der Waals surface area contributed by atoms with Crippen LogP contribution in [0.1, 0.15) is 30.5 Å². The number of ether oxygens (including phenoxy) is 2. The molecule has 6 nitrogen and oxygen atoms in total. The topological polar surface area (TPSA) is 84.9 Å². The molecule has 2 aromatic carbocycles. The van der Waals surface area contributed by atoms with Gasteiger partial charge in [0, 0.05) is 13.0 Å². The van der Waals surface area contributed by atoms with Crippen LogP contribution in [0.4, 0.5) is 13.2 Å². The number of benzene rings is 2. The Morgan fingerprint density at radius 2 is 1.71 bits per heavy atom. The summed E-state index contributed by atoms with van der Waals surface area (Å²) in [5.41, 5.74) is -0.918. The molecule has 0 bridgehead atoms. The molecular weight excluding hydrogens is 415 g/mol. The second kappa shape index (κ2) is 10.3. The molecule has 2 rings (SSSR count). The lowest BCUT2D eigenvalue weighted by Gasteiger charge is -2.21. The zero-order valence-electron chi connectivity index (χ0n) is 17.2. The van der Waals surface area contributed by atoms with Crippen LogP contribution in [0.15, 0.2) is 48.5 Å². The normalized spacial score (nSPS) is 11.8. The molecule has 0 aliphatic carbocycles. The summed E-state index contributed by atoms with van der Waals surface area (Å²) in [6, 6.07) is 11.7. The summed E-state index contributed by atoms with van der Waals surface area (Å²) in [6.45, 7) is 3.07. The third-order valence-electron chi connectivity index (χ3n) is 4.29. The number of halogens is 3. The summed E-state index contributed by atoms with van der Waals surface area (Å²) >= 11 is 0. The van der Waals surface area contributed by atoms with Crippen molar-refractivity contribution < 1.29 is 37.3 Å². The number of aliphatic carboxylic acids is 1. The van der Waals surface area contributed by atoms with Gasteiger partial charge in [-0.2, -0.15) is 13.2 Å². The van der Waals surface area contributed by atoms with Gasteiger partial charge in [-0.1, -0.05) is 30.3 Å². The zero-order valence-corrected chi connectivity index (χ0v) is 17.2. The third-order valence-corrected chi connectivity index (χ3v) is 4.29. The van der Waals surface area contributed by atoms with Gasteiger partial charge in [-0.25, -0.2) is 4.79 Å². The molecule has 0 fully saturated rings. The van der Waals surface area contributed by atoms with Crippen LogP contribution in [0.3, 0.4) is 0 Å². The molecule has 0 saturated carbocycles. The fraction of sp³-hybridized carbons (Fsp3) is 0.364. The Hall–Kier alpha value is -3.07. The second-order valence-corrected chi connectivity index (χ2v) is 7.34. The van der Waals surface area contributed by atoms with Gasteiger partial charge in [-0.3, -0.25) is 4.79 Å². The number of carboxylic acid groups (broad SMARTS) is 1. The van der Waals surface area contributed by atoms with Crippen molar-refractivity contribution in [2.24, 2.45) is 0 Å². The first-order valence-corrected chi connectivity index (χ1v) is 9.51. The van der Waals surface area contributed by atoms with Crippen molar-refractivity contribution in [1.29, 1.82) is 0 Å². The summed E-state index contributed by atoms with van der Waals surface area (Å²) in [6.07, 6.45) is -4.24. The van der Waals surface area contributed by atoms with E-state index in [-0.39, 0.29) is 19.6 Å². The number of hydrogen-bond donors (Lipinski definition) is 2. The Bertz CT molecular complexity index is 912. The molecule has 0 unspecified atom stereocenters. The standard InChI is InChI=1S/C22H24F3NO5/c1-21(2,20(28)29)31-18-8-4-6-16(12-18)13-26-14-19(27)30-10-9-15-5-3-7-17(11-15)22(23,24)25/h3-8,11-12,26H,9-10,13-14H2,1-2H3,(H,28,29). The van der Waals surface area contributed by atoms with Gasteiger partial charge in [0.2, 0.25) is 0 Å². The van der Waals surface area contributed by atoms with Crippen LogP contribution in [0.25, 0.3) is 0 Å². The molecule has 0 spiro atoms. The number of nitrogens with one attached hydrogen (secondary N) is 1. The van der Waals surface area contributed by atoms with Crippen molar-refractivity contribution in [1.82, 2.24) is 5.32 Å². The SMILES string of the molecule is CC(C)(Oc1cccc(CNCC(=O)OCCc2cccc(C(F)(F)F)c2)c1)C(=O)O. The number of carboxylic acids is 1. The average Bonchev–Trinajstić information content (AvgIpc) is 2.67. The zero-order chi connectivity index (χ0) is 23.1. The maximum atomic E-state index is 12.7. The minimum atomic E-state index is -4.41. The van der Waals surface area contributed by atoms with Crippen molar-refractivity contribution >= 4 is 11.9 Å². The van der Waals surface area contributed by atoms with E-state index in [2.05, 4.69) is 5.32 Å². The van der Waals surface area contributed by atoms with E-state index < -0.39 is 29.3 Å². The molecule has 0 aliphatic rings.